The van der Waals surface area contributed by atoms with Gasteiger partial charge < -0.3 is 25.0 Å². The number of nitrogens with two attached hydrogens (primary N) is 1. The number of fused-ring (bicyclic) bond motifs is 1. The Bertz CT molecular complexity index is 1280. The van der Waals surface area contributed by atoms with Crippen LogP contribution in [-0.2, 0) is 19.1 Å². The summed E-state index contributed by atoms with van der Waals surface area (Å²) in [5.41, 5.74) is 7.82. The molecular weight excluding hydrogens is 443 g/mol. The highest BCUT2D eigenvalue weighted by Crippen LogP contribution is 2.37. The first-order chi connectivity index (χ1) is 16.4. The third-order valence-electron chi connectivity index (χ3n) is 6.14. The molecule has 2 N–H and O–H groups in total. The Morgan fingerprint density at radius 2 is 1.79 bits per heavy atom. The summed E-state index contributed by atoms with van der Waals surface area (Å²) in [4.78, 5) is 40.9. The summed E-state index contributed by atoms with van der Waals surface area (Å²) in [6.07, 6.45) is 0.400. The van der Waals surface area contributed by atoms with Gasteiger partial charge in [-0.05, 0) is 30.3 Å². The molecule has 0 aromatic heterocycles. The van der Waals surface area contributed by atoms with Gasteiger partial charge >= 0.3 is 11.8 Å². The number of amides is 3. The summed E-state index contributed by atoms with van der Waals surface area (Å²) in [6.45, 7) is 1.31. The molecule has 0 saturated carbocycles. The third-order valence-corrected chi connectivity index (χ3v) is 6.14. The maximum Gasteiger partial charge on any atom is 0.324 e. The number of primary amides is 1. The minimum atomic E-state index is -0.727. The first kappa shape index (κ1) is 21.8. The fourth-order valence-electron chi connectivity index (χ4n) is 4.50. The lowest BCUT2D eigenvalue weighted by molar-refractivity contribution is -0.394. The lowest BCUT2D eigenvalue weighted by Crippen LogP contribution is -2.53. The van der Waals surface area contributed by atoms with Crippen LogP contribution in [0.1, 0.15) is 6.42 Å². The fraction of sp³-hybridized carbons (Fsp3) is 0.250. The molecule has 5 rings (SSSR count). The van der Waals surface area contributed by atoms with Gasteiger partial charge in [-0.15, -0.1) is 4.58 Å². The molecule has 3 aliphatic rings. The number of ether oxygens (including phenoxy) is 2. The molecule has 2 fully saturated rings. The van der Waals surface area contributed by atoms with Gasteiger partial charge in [0.15, 0.2) is 5.82 Å². The fourth-order valence-corrected chi connectivity index (χ4v) is 4.50. The number of carbonyl (C=O) groups excluding carboxylic acids is 3. The number of piperidine rings is 1. The summed E-state index contributed by atoms with van der Waals surface area (Å²) in [6, 6.07) is 11.3. The van der Waals surface area contributed by atoms with Crippen LogP contribution >= 0.6 is 0 Å². The van der Waals surface area contributed by atoms with E-state index < -0.39 is 11.7 Å². The standard InChI is InChI=1S/C24H21FN4O5/c1-33-16-6-7-19(18(25)12-16)29-21(23(26)31)17-8-9-28(24(32)22(17)29)15-4-2-14(3-5-15)27-10-11-34-13-20(27)30/h2-7,12H,8-11,13H2,1H3,(H-,26,31)/p+1. The third kappa shape index (κ3) is 3.43. The normalized spacial score (nSPS) is 18.2. The molecule has 2 aromatic rings. The number of hydrogen-bond donors (Lipinski definition) is 1. The van der Waals surface area contributed by atoms with Gasteiger partial charge in [0, 0.05) is 43.0 Å². The van der Waals surface area contributed by atoms with Gasteiger partial charge in [-0.2, -0.15) is 4.39 Å². The Morgan fingerprint density at radius 1 is 1.09 bits per heavy atom. The number of anilines is 2. The van der Waals surface area contributed by atoms with Crippen molar-refractivity contribution in [2.45, 2.75) is 6.42 Å². The number of nitrogens with zero attached hydrogens (tertiary/aromatic N) is 3. The second kappa shape index (κ2) is 8.38. The number of carbonyl (C=O) groups is 3. The van der Waals surface area contributed by atoms with Crippen molar-refractivity contribution in [3.63, 3.8) is 0 Å². The monoisotopic (exact) mass is 465 g/mol. The number of halogens is 1. The van der Waals surface area contributed by atoms with E-state index in [2.05, 4.69) is 0 Å². The SMILES string of the molecule is COc1ccc([N+]2=C3C(=O)N(c4ccc(N5CCOCC5=O)cc4)CCC3=C2C(N)=O)c(F)c1. The summed E-state index contributed by atoms with van der Waals surface area (Å²) in [5.74, 6) is -1.54. The molecule has 3 heterocycles. The highest BCUT2D eigenvalue weighted by Gasteiger charge is 2.52. The lowest BCUT2D eigenvalue weighted by atomic mass is 9.90. The van der Waals surface area contributed by atoms with Crippen molar-refractivity contribution in [2.75, 3.05) is 43.2 Å². The molecule has 174 valence electrons. The van der Waals surface area contributed by atoms with E-state index in [1.165, 1.54) is 23.8 Å². The number of rotatable bonds is 5. The number of benzene rings is 2. The predicted molar refractivity (Wildman–Crippen MR) is 121 cm³/mol. The molecule has 0 atom stereocenters. The minimum Gasteiger partial charge on any atom is -0.497 e. The van der Waals surface area contributed by atoms with Gasteiger partial charge in [-0.1, -0.05) is 0 Å². The van der Waals surface area contributed by atoms with E-state index in [9.17, 15) is 18.8 Å². The Kier molecular flexibility index (Phi) is 5.37. The molecule has 0 unspecified atom stereocenters. The molecule has 2 aromatic carbocycles. The van der Waals surface area contributed by atoms with Gasteiger partial charge in [-0.3, -0.25) is 14.4 Å². The molecule has 0 bridgehead atoms. The van der Waals surface area contributed by atoms with Crippen LogP contribution < -0.4 is 20.3 Å². The molecule has 2 saturated heterocycles. The zero-order valence-electron chi connectivity index (χ0n) is 18.4. The van der Waals surface area contributed by atoms with Crippen LogP contribution in [0, 0.1) is 5.82 Å². The van der Waals surface area contributed by atoms with E-state index in [1.807, 2.05) is 0 Å². The van der Waals surface area contributed by atoms with E-state index in [-0.39, 0.29) is 35.5 Å². The molecule has 0 spiro atoms. The molecule has 34 heavy (non-hydrogen) atoms. The Hall–Kier alpha value is -4.05. The highest BCUT2D eigenvalue weighted by atomic mass is 19.1. The Labute approximate surface area is 194 Å². The van der Waals surface area contributed by atoms with Gasteiger partial charge in [0.05, 0.1) is 13.7 Å². The van der Waals surface area contributed by atoms with Crippen LogP contribution in [-0.4, -0.2) is 61.4 Å². The van der Waals surface area contributed by atoms with Crippen molar-refractivity contribution >= 4 is 40.5 Å². The summed E-state index contributed by atoms with van der Waals surface area (Å²) >= 11 is 0. The van der Waals surface area contributed by atoms with Crippen LogP contribution in [0.2, 0.25) is 0 Å². The minimum absolute atomic E-state index is 0.0414. The van der Waals surface area contributed by atoms with Crippen molar-refractivity contribution in [3.05, 3.63) is 59.6 Å². The lowest BCUT2D eigenvalue weighted by Gasteiger charge is -2.32. The number of morpholine rings is 1. The van der Waals surface area contributed by atoms with Crippen LogP contribution in [0.5, 0.6) is 5.75 Å². The summed E-state index contributed by atoms with van der Waals surface area (Å²) < 4.78 is 26.3. The molecule has 3 aliphatic heterocycles. The Morgan fingerprint density at radius 3 is 2.41 bits per heavy atom. The van der Waals surface area contributed by atoms with Crippen molar-refractivity contribution in [3.8, 4) is 5.75 Å². The van der Waals surface area contributed by atoms with Crippen LogP contribution in [0.25, 0.3) is 0 Å². The maximum absolute atomic E-state index is 14.8. The molecule has 9 nitrogen and oxygen atoms in total. The van der Waals surface area contributed by atoms with E-state index in [1.54, 1.807) is 40.1 Å². The van der Waals surface area contributed by atoms with E-state index in [4.69, 9.17) is 15.2 Å². The van der Waals surface area contributed by atoms with Crippen LogP contribution in [0.3, 0.4) is 0 Å². The van der Waals surface area contributed by atoms with Crippen molar-refractivity contribution in [1.29, 1.82) is 0 Å². The average Bonchev–Trinajstić information content (AvgIpc) is 2.81. The van der Waals surface area contributed by atoms with Gasteiger partial charge in [0.1, 0.15) is 17.9 Å². The second-order valence-corrected chi connectivity index (χ2v) is 8.01. The topological polar surface area (TPSA) is 105 Å². The largest absolute Gasteiger partial charge is 0.497 e. The summed E-state index contributed by atoms with van der Waals surface area (Å²) in [7, 11) is 1.42. The van der Waals surface area contributed by atoms with Gasteiger partial charge in [0.25, 0.3) is 17.3 Å². The molecule has 10 heteroatoms. The quantitative estimate of drug-likeness (QED) is 0.674. The molecule has 0 aliphatic carbocycles. The summed E-state index contributed by atoms with van der Waals surface area (Å²) in [5, 5.41) is 0. The highest BCUT2D eigenvalue weighted by molar-refractivity contribution is 6.50. The average molecular weight is 465 g/mol. The van der Waals surface area contributed by atoms with Gasteiger partial charge in [0.2, 0.25) is 5.69 Å². The smallest absolute Gasteiger partial charge is 0.324 e. The molecule has 0 radical (unpaired) electrons. The van der Waals surface area contributed by atoms with E-state index in [0.717, 1.165) is 5.69 Å². The molecule has 3 amide bonds. The van der Waals surface area contributed by atoms with E-state index >= 15 is 0 Å². The zero-order chi connectivity index (χ0) is 24.0. The van der Waals surface area contributed by atoms with Gasteiger partial charge in [-0.25, -0.2) is 0 Å². The van der Waals surface area contributed by atoms with Crippen molar-refractivity contribution < 1.29 is 32.8 Å². The van der Waals surface area contributed by atoms with Crippen LogP contribution in [0.15, 0.2) is 53.7 Å². The first-order valence-corrected chi connectivity index (χ1v) is 10.7. The predicted octanol–water partition coefficient (Wildman–Crippen LogP) is 1.47. The molecular formula is C24H22FN4O5+. The van der Waals surface area contributed by atoms with E-state index in [0.29, 0.717) is 43.1 Å². The van der Waals surface area contributed by atoms with Crippen molar-refractivity contribution in [2.24, 2.45) is 5.73 Å². The number of hydrogen-bond acceptors (Lipinski definition) is 5. The van der Waals surface area contributed by atoms with Crippen LogP contribution in [0.4, 0.5) is 21.5 Å². The van der Waals surface area contributed by atoms with Crippen molar-refractivity contribution in [1.82, 2.24) is 0 Å². The zero-order valence-corrected chi connectivity index (χ0v) is 18.4. The first-order valence-electron chi connectivity index (χ1n) is 10.7. The maximum atomic E-state index is 14.8. The number of methoxy groups -OCH3 is 1. The Balaban J connectivity index is 1.47. The second-order valence-electron chi connectivity index (χ2n) is 8.01.